The summed E-state index contributed by atoms with van der Waals surface area (Å²) < 4.78 is 26.6. The van der Waals surface area contributed by atoms with Gasteiger partial charge >= 0.3 is 0 Å². The number of ether oxygens (including phenoxy) is 5. The lowest BCUT2D eigenvalue weighted by Gasteiger charge is -2.21. The molecular formula is C95H106ClN11O17. The zero-order valence-corrected chi connectivity index (χ0v) is 70.8. The average molecular weight is 1710 g/mol. The van der Waals surface area contributed by atoms with Crippen molar-refractivity contribution in [1.82, 2.24) is 53.2 Å². The first-order chi connectivity index (χ1) is 59.8. The summed E-state index contributed by atoms with van der Waals surface area (Å²) in [6, 6.07) is 83.2. The van der Waals surface area contributed by atoms with E-state index < -0.39 is 12.1 Å². The van der Waals surface area contributed by atoms with Crippen molar-refractivity contribution >= 4 is 88.1 Å². The Morgan fingerprint density at radius 3 is 0.984 bits per heavy atom. The number of rotatable bonds is 39. The maximum Gasteiger partial charge on any atom is 0.258 e. The van der Waals surface area contributed by atoms with Gasteiger partial charge in [-0.15, -0.1) is 0 Å². The molecule has 11 N–H and O–H groups in total. The molecule has 0 aromatic heterocycles. The second kappa shape index (κ2) is 56.7. The van der Waals surface area contributed by atoms with Crippen LogP contribution in [-0.4, -0.2) is 136 Å². The number of carbonyl (C=O) groups excluding carboxylic acids is 12. The average Bonchev–Trinajstić information content (AvgIpc) is 0.889. The Balaban J connectivity index is 0.000000240. The van der Waals surface area contributed by atoms with Crippen LogP contribution in [0.25, 0.3) is 0 Å². The molecule has 0 aliphatic carbocycles. The highest BCUT2D eigenvalue weighted by atomic mass is 35.5. The van der Waals surface area contributed by atoms with Gasteiger partial charge in [-0.1, -0.05) is 225 Å². The van der Waals surface area contributed by atoms with Crippen LogP contribution in [0.15, 0.2) is 279 Å². The number of ketones is 1. The van der Waals surface area contributed by atoms with Crippen LogP contribution in [-0.2, 0) is 96.7 Å². The largest absolute Gasteiger partial charge is 0.484 e. The fraction of sp³-hybridized carbons (Fsp3) is 0.242. The number of aryl methyl sites for hydroxylation is 1. The summed E-state index contributed by atoms with van der Waals surface area (Å²) in [5.41, 5.74) is 7.49. The monoisotopic (exact) mass is 1710 g/mol. The summed E-state index contributed by atoms with van der Waals surface area (Å²) in [6.45, 7) is 11.3. The molecule has 0 saturated heterocycles. The normalized spacial score (nSPS) is 10.6. The Kier molecular flexibility index (Phi) is 44.9. The quantitative estimate of drug-likeness (QED) is 0.0171. The Labute approximate surface area is 727 Å². The molecule has 650 valence electrons. The van der Waals surface area contributed by atoms with Gasteiger partial charge in [-0.25, -0.2) is 0 Å². The van der Waals surface area contributed by atoms with Crippen molar-refractivity contribution in [3.63, 3.8) is 0 Å². The van der Waals surface area contributed by atoms with Gasteiger partial charge in [0.05, 0.1) is 19.6 Å². The number of hydrogen-bond acceptors (Lipinski definition) is 17. The minimum absolute atomic E-state index is 0.0311. The number of benzene rings is 10. The molecule has 10 rings (SSSR count). The molecule has 2 atom stereocenters. The van der Waals surface area contributed by atoms with Crippen LogP contribution in [0.3, 0.4) is 0 Å². The van der Waals surface area contributed by atoms with Gasteiger partial charge in [0.25, 0.3) is 29.5 Å². The van der Waals surface area contributed by atoms with Crippen LogP contribution in [0.1, 0.15) is 73.6 Å². The topological polar surface area (TPSA) is 383 Å². The smallest absolute Gasteiger partial charge is 0.258 e. The molecule has 0 fully saturated rings. The zero-order valence-electron chi connectivity index (χ0n) is 70.0. The summed E-state index contributed by atoms with van der Waals surface area (Å²) >= 11 is 5.79. The maximum atomic E-state index is 12.4. The van der Waals surface area contributed by atoms with E-state index >= 15 is 0 Å². The second-order valence-electron chi connectivity index (χ2n) is 27.9. The number of para-hydroxylation sites is 5. The molecule has 0 aliphatic rings. The maximum absolute atomic E-state index is 12.4. The minimum Gasteiger partial charge on any atom is -0.484 e. The van der Waals surface area contributed by atoms with Crippen molar-refractivity contribution in [3.05, 3.63) is 323 Å². The van der Waals surface area contributed by atoms with E-state index in [4.69, 9.17) is 35.3 Å². The van der Waals surface area contributed by atoms with E-state index in [-0.39, 0.29) is 129 Å². The number of Topliss-reactive ketones (excluding diaryl/α,β-unsaturated/α-hetero) is 1. The molecule has 0 spiro atoms. The number of halogens is 1. The van der Waals surface area contributed by atoms with E-state index in [1.165, 1.54) is 12.5 Å². The second-order valence-corrected chi connectivity index (χ2v) is 28.3. The van der Waals surface area contributed by atoms with Gasteiger partial charge in [-0.05, 0) is 145 Å². The van der Waals surface area contributed by atoms with E-state index in [0.29, 0.717) is 78.6 Å². The Bertz CT molecular complexity index is 4820. The van der Waals surface area contributed by atoms with E-state index in [2.05, 4.69) is 58.5 Å². The van der Waals surface area contributed by atoms with Crippen LogP contribution in [0, 0.1) is 12.8 Å². The van der Waals surface area contributed by atoms with Crippen molar-refractivity contribution in [2.24, 2.45) is 5.92 Å². The van der Waals surface area contributed by atoms with Gasteiger partial charge in [-0.3, -0.25) is 57.5 Å². The SMILES string of the molecule is CC(=O)Cc1ccc(CNC(=O)C(C)NC(=O)COc2ccccc2)cc1.CC(=O)Nc1cccc(CNC(=O)CNC(=O)COc2ccccc2)c1.CC(C)C(NC(=O)COc1ccccc1)C(=O)NCc1ccccc1.Cc1ccc(CNC(=O)CNC(=O)COc2ccccc2)cc1.O=C(CNC(=O)COc1ccccc1)NCc1ccc(Cl)cc1. The van der Waals surface area contributed by atoms with Crippen LogP contribution >= 0.6 is 11.6 Å². The molecule has 0 aliphatic heterocycles. The Morgan fingerprint density at radius 1 is 0.306 bits per heavy atom. The van der Waals surface area contributed by atoms with Crippen molar-refractivity contribution in [1.29, 1.82) is 0 Å². The number of amides is 11. The van der Waals surface area contributed by atoms with Crippen LogP contribution in [0.4, 0.5) is 5.69 Å². The minimum atomic E-state index is -0.672. The number of hydrogen-bond donors (Lipinski definition) is 11. The highest BCUT2D eigenvalue weighted by molar-refractivity contribution is 6.30. The van der Waals surface area contributed by atoms with E-state index in [1.54, 1.807) is 105 Å². The molecule has 10 aromatic rings. The highest BCUT2D eigenvalue weighted by Gasteiger charge is 2.25. The van der Waals surface area contributed by atoms with E-state index in [0.717, 1.165) is 33.4 Å². The lowest BCUT2D eigenvalue weighted by atomic mass is 10.0. The van der Waals surface area contributed by atoms with Crippen molar-refractivity contribution in [2.45, 2.75) is 92.8 Å². The first-order valence-electron chi connectivity index (χ1n) is 39.7. The molecule has 0 heterocycles. The van der Waals surface area contributed by atoms with Gasteiger partial charge < -0.3 is 82.2 Å². The summed E-state index contributed by atoms with van der Waals surface area (Å²) in [5.74, 6) is -0.117. The highest BCUT2D eigenvalue weighted by Crippen LogP contribution is 2.16. The fourth-order valence-electron chi connectivity index (χ4n) is 10.5. The molecule has 29 heteroatoms. The molecule has 11 amide bonds. The first kappa shape index (κ1) is 98.2. The van der Waals surface area contributed by atoms with Crippen LogP contribution in [0.2, 0.25) is 5.02 Å². The van der Waals surface area contributed by atoms with Crippen molar-refractivity contribution in [3.8, 4) is 28.7 Å². The van der Waals surface area contributed by atoms with Crippen molar-refractivity contribution < 1.29 is 81.2 Å². The summed E-state index contributed by atoms with van der Waals surface area (Å²) in [6.07, 6.45) is 0.404. The summed E-state index contributed by atoms with van der Waals surface area (Å²) in [4.78, 5) is 141. The predicted octanol–water partition coefficient (Wildman–Crippen LogP) is 9.95. The van der Waals surface area contributed by atoms with E-state index in [9.17, 15) is 57.5 Å². The third-order valence-corrected chi connectivity index (χ3v) is 17.2. The molecule has 0 saturated carbocycles. The number of anilines is 1. The van der Waals surface area contributed by atoms with Gasteiger partial charge in [0.1, 0.15) is 46.6 Å². The van der Waals surface area contributed by atoms with Gasteiger partial charge in [0.2, 0.25) is 35.4 Å². The molecule has 2 unspecified atom stereocenters. The number of nitrogens with one attached hydrogen (secondary N) is 11. The van der Waals surface area contributed by atoms with Gasteiger partial charge in [-0.2, -0.15) is 0 Å². The lowest BCUT2D eigenvalue weighted by Crippen LogP contribution is -2.50. The molecule has 124 heavy (non-hydrogen) atoms. The molecular weight excluding hydrogens is 1600 g/mol. The van der Waals surface area contributed by atoms with Gasteiger partial charge in [0, 0.05) is 56.8 Å². The van der Waals surface area contributed by atoms with Gasteiger partial charge in [0.15, 0.2) is 33.0 Å². The number of carbonyl (C=O) groups is 12. The standard InChI is InChI=1S/C21H24N2O4.C20H24N2O3.C19H21N3O4.C18H20N2O3.C17H17ClN2O3/c1-15(24)12-17-8-10-18(11-9-17)13-22-21(26)16(2)23-20(25)14-27-19-6-4-3-5-7-19;1-15(2)19(20(24)21-13-16-9-5-3-6-10-16)22-18(23)14-25-17-11-7-4-8-12-17;1-14(23)22-16-7-5-6-15(10-16)11-20-18(24)12-21-19(25)13-26-17-8-3-2-4-9-17;1-14-7-9-15(10-8-14)11-19-17(21)12-20-18(22)13-23-16-5-3-2-4-6-16;18-14-8-6-13(7-9-14)10-19-16(21)11-20-17(22)12-23-15-4-2-1-3-5-15/h3-11,16H,12-14H2,1-2H3,(H,22,26)(H,23,25);3-12,15,19H,13-14H2,1-2H3,(H,21,24)(H,22,23);2-10H,11-13H2,1H3,(H,20,24)(H,21,25)(H,22,23);2-10H,11-13H2,1H3,(H,19,21)(H,20,22);1-9H,10-12H2,(H,19,21)(H,20,22). The first-order valence-corrected chi connectivity index (χ1v) is 40.1. The van der Waals surface area contributed by atoms with E-state index in [1.807, 2.05) is 209 Å². The molecule has 28 nitrogen and oxygen atoms in total. The Hall–Kier alpha value is -14.7. The Morgan fingerprint density at radius 2 is 0.613 bits per heavy atom. The van der Waals surface area contributed by atoms with Crippen molar-refractivity contribution in [2.75, 3.05) is 58.0 Å². The lowest BCUT2D eigenvalue weighted by molar-refractivity contribution is -0.131. The van der Waals surface area contributed by atoms with Crippen LogP contribution in [0.5, 0.6) is 28.7 Å². The zero-order chi connectivity index (χ0) is 89.5. The molecule has 10 aromatic carbocycles. The third-order valence-electron chi connectivity index (χ3n) is 16.9. The van der Waals surface area contributed by atoms with Crippen LogP contribution < -0.4 is 82.2 Å². The predicted molar refractivity (Wildman–Crippen MR) is 473 cm³/mol. The summed E-state index contributed by atoms with van der Waals surface area (Å²) in [7, 11) is 0. The summed E-state index contributed by atoms with van der Waals surface area (Å²) in [5, 5.41) is 30.0. The fourth-order valence-corrected chi connectivity index (χ4v) is 10.6. The third kappa shape index (κ3) is 43.9. The molecule has 0 radical (unpaired) electrons. The molecule has 0 bridgehead atoms.